The monoisotopic (exact) mass is 308 g/mol. The second-order valence-corrected chi connectivity index (χ2v) is 8.21. The lowest BCUT2D eigenvalue weighted by atomic mass is 9.89. The summed E-state index contributed by atoms with van der Waals surface area (Å²) >= 11 is 0. The minimum Gasteiger partial charge on any atom is -0.342 e. The fourth-order valence-electron chi connectivity index (χ4n) is 3.32. The van der Waals surface area contributed by atoms with E-state index in [1.807, 2.05) is 17.0 Å². The van der Waals surface area contributed by atoms with Crippen LogP contribution in [-0.4, -0.2) is 48.8 Å². The Kier molecular flexibility index (Phi) is 3.97. The summed E-state index contributed by atoms with van der Waals surface area (Å²) in [4.78, 5) is 18.3. The summed E-state index contributed by atoms with van der Waals surface area (Å²) in [7, 11) is -2.99. The highest BCUT2D eigenvalue weighted by Crippen LogP contribution is 2.29. The summed E-state index contributed by atoms with van der Waals surface area (Å²) in [6.45, 7) is 1.45. The number of rotatable bonds is 2. The molecule has 21 heavy (non-hydrogen) atoms. The molecular formula is C15H20N2O3S. The van der Waals surface area contributed by atoms with E-state index in [0.29, 0.717) is 12.3 Å². The van der Waals surface area contributed by atoms with Crippen molar-refractivity contribution in [2.75, 3.05) is 24.6 Å². The summed E-state index contributed by atoms with van der Waals surface area (Å²) in [5.41, 5.74) is 1.28. The molecule has 0 bridgehead atoms. The van der Waals surface area contributed by atoms with Crippen LogP contribution in [0.1, 0.15) is 30.7 Å². The highest BCUT2D eigenvalue weighted by Gasteiger charge is 2.36. The molecular weight excluding hydrogens is 288 g/mol. The average Bonchev–Trinajstić information content (AvgIpc) is 2.88. The van der Waals surface area contributed by atoms with E-state index in [1.165, 1.54) is 5.56 Å². The second kappa shape index (κ2) is 5.75. The first-order chi connectivity index (χ1) is 10.1. The molecule has 0 aromatic carbocycles. The zero-order chi connectivity index (χ0) is 14.9. The van der Waals surface area contributed by atoms with Gasteiger partial charge in [0.25, 0.3) is 0 Å². The minimum atomic E-state index is -2.99. The largest absolute Gasteiger partial charge is 0.342 e. The van der Waals surface area contributed by atoms with Crippen LogP contribution in [0.3, 0.4) is 0 Å². The SMILES string of the molecule is O=C([C@H]1CCS(=O)(=O)C1)N1CCC(c2ccncc2)CC1. The Morgan fingerprint density at radius 1 is 1.14 bits per heavy atom. The first kappa shape index (κ1) is 14.5. The van der Waals surface area contributed by atoms with E-state index in [2.05, 4.69) is 4.98 Å². The molecule has 3 heterocycles. The predicted octanol–water partition coefficient (Wildman–Crippen LogP) is 1.22. The zero-order valence-electron chi connectivity index (χ0n) is 11.9. The molecule has 1 amide bonds. The molecule has 0 radical (unpaired) electrons. The van der Waals surface area contributed by atoms with Gasteiger partial charge in [0.05, 0.1) is 17.4 Å². The maximum absolute atomic E-state index is 12.4. The standard InChI is InChI=1S/C15H20N2O3S/c18-15(14-5-10-21(19,20)11-14)17-8-3-13(4-9-17)12-1-6-16-7-2-12/h1-2,6-7,13-14H,3-5,8-11H2/t14-/m0/s1. The number of hydrogen-bond acceptors (Lipinski definition) is 4. The van der Waals surface area contributed by atoms with E-state index in [4.69, 9.17) is 0 Å². The molecule has 2 fully saturated rings. The summed E-state index contributed by atoms with van der Waals surface area (Å²) < 4.78 is 23.0. The van der Waals surface area contributed by atoms with Crippen LogP contribution in [0.2, 0.25) is 0 Å². The lowest BCUT2D eigenvalue weighted by molar-refractivity contribution is -0.135. The Morgan fingerprint density at radius 3 is 2.38 bits per heavy atom. The Morgan fingerprint density at radius 2 is 1.81 bits per heavy atom. The normalized spacial score (nSPS) is 25.9. The van der Waals surface area contributed by atoms with Gasteiger partial charge in [-0.2, -0.15) is 0 Å². The number of pyridine rings is 1. The van der Waals surface area contributed by atoms with Gasteiger partial charge in [-0.15, -0.1) is 0 Å². The lowest BCUT2D eigenvalue weighted by Crippen LogP contribution is -2.41. The van der Waals surface area contributed by atoms with Crippen molar-refractivity contribution >= 4 is 15.7 Å². The van der Waals surface area contributed by atoms with Gasteiger partial charge in [-0.05, 0) is 42.9 Å². The smallest absolute Gasteiger partial charge is 0.226 e. The Balaban J connectivity index is 1.57. The lowest BCUT2D eigenvalue weighted by Gasteiger charge is -2.33. The molecule has 2 saturated heterocycles. The number of hydrogen-bond donors (Lipinski definition) is 0. The van der Waals surface area contributed by atoms with Crippen LogP contribution in [-0.2, 0) is 14.6 Å². The number of likely N-dealkylation sites (tertiary alicyclic amines) is 1. The summed E-state index contributed by atoms with van der Waals surface area (Å²) in [5.74, 6) is 0.397. The maximum Gasteiger partial charge on any atom is 0.226 e. The summed E-state index contributed by atoms with van der Waals surface area (Å²) in [6, 6.07) is 4.07. The second-order valence-electron chi connectivity index (χ2n) is 5.98. The number of aromatic nitrogens is 1. The van der Waals surface area contributed by atoms with Crippen molar-refractivity contribution in [3.63, 3.8) is 0 Å². The van der Waals surface area contributed by atoms with Crippen LogP contribution < -0.4 is 0 Å². The van der Waals surface area contributed by atoms with Crippen LogP contribution in [0.5, 0.6) is 0 Å². The average molecular weight is 308 g/mol. The fourth-order valence-corrected chi connectivity index (χ4v) is 5.05. The molecule has 1 aromatic rings. The first-order valence-corrected chi connectivity index (χ1v) is 9.26. The predicted molar refractivity (Wildman–Crippen MR) is 79.6 cm³/mol. The van der Waals surface area contributed by atoms with Gasteiger partial charge in [0, 0.05) is 25.5 Å². The summed E-state index contributed by atoms with van der Waals surface area (Å²) in [5, 5.41) is 0. The van der Waals surface area contributed by atoms with Crippen LogP contribution in [0, 0.1) is 5.92 Å². The number of carbonyl (C=O) groups is 1. The third-order valence-corrected chi connectivity index (χ3v) is 6.33. The molecule has 0 spiro atoms. The minimum absolute atomic E-state index is 0.0317. The van der Waals surface area contributed by atoms with Crippen LogP contribution >= 0.6 is 0 Å². The van der Waals surface area contributed by atoms with Gasteiger partial charge in [0.2, 0.25) is 5.91 Å². The highest BCUT2D eigenvalue weighted by molar-refractivity contribution is 7.91. The van der Waals surface area contributed by atoms with Crippen molar-refractivity contribution in [2.24, 2.45) is 5.92 Å². The van der Waals surface area contributed by atoms with Crippen LogP contribution in [0.15, 0.2) is 24.5 Å². The number of amides is 1. The van der Waals surface area contributed by atoms with E-state index in [-0.39, 0.29) is 23.3 Å². The molecule has 2 aliphatic rings. The quantitative estimate of drug-likeness (QED) is 0.824. The van der Waals surface area contributed by atoms with Crippen LogP contribution in [0.4, 0.5) is 0 Å². The molecule has 2 aliphatic heterocycles. The molecule has 5 nitrogen and oxygen atoms in total. The third-order valence-electron chi connectivity index (χ3n) is 4.57. The molecule has 0 N–H and O–H groups in total. The molecule has 1 atom stereocenters. The molecule has 0 aliphatic carbocycles. The topological polar surface area (TPSA) is 67.3 Å². The zero-order valence-corrected chi connectivity index (χ0v) is 12.8. The Bertz CT molecular complexity index is 607. The number of nitrogens with zero attached hydrogens (tertiary/aromatic N) is 2. The number of sulfone groups is 1. The van der Waals surface area contributed by atoms with Crippen molar-refractivity contribution < 1.29 is 13.2 Å². The van der Waals surface area contributed by atoms with Crippen molar-refractivity contribution in [3.05, 3.63) is 30.1 Å². The van der Waals surface area contributed by atoms with Crippen LogP contribution in [0.25, 0.3) is 0 Å². The van der Waals surface area contributed by atoms with E-state index in [9.17, 15) is 13.2 Å². The van der Waals surface area contributed by atoms with Gasteiger partial charge >= 0.3 is 0 Å². The van der Waals surface area contributed by atoms with E-state index < -0.39 is 9.84 Å². The Labute approximate surface area is 125 Å². The van der Waals surface area contributed by atoms with E-state index >= 15 is 0 Å². The van der Waals surface area contributed by atoms with E-state index in [1.54, 1.807) is 12.4 Å². The molecule has 1 aromatic heterocycles. The molecule has 6 heteroatoms. The van der Waals surface area contributed by atoms with Crippen molar-refractivity contribution in [1.29, 1.82) is 0 Å². The van der Waals surface area contributed by atoms with E-state index in [0.717, 1.165) is 25.9 Å². The molecule has 114 valence electrons. The van der Waals surface area contributed by atoms with Gasteiger partial charge in [-0.1, -0.05) is 0 Å². The van der Waals surface area contributed by atoms with Crippen molar-refractivity contribution in [1.82, 2.24) is 9.88 Å². The van der Waals surface area contributed by atoms with Crippen molar-refractivity contribution in [2.45, 2.75) is 25.2 Å². The molecule has 3 rings (SSSR count). The molecule has 0 saturated carbocycles. The fraction of sp³-hybridized carbons (Fsp3) is 0.600. The third kappa shape index (κ3) is 3.26. The number of carbonyl (C=O) groups excluding carboxylic acids is 1. The van der Waals surface area contributed by atoms with Gasteiger partial charge < -0.3 is 4.90 Å². The Hall–Kier alpha value is -1.43. The van der Waals surface area contributed by atoms with Gasteiger partial charge in [-0.25, -0.2) is 8.42 Å². The number of piperidine rings is 1. The molecule has 0 unspecified atom stereocenters. The van der Waals surface area contributed by atoms with Gasteiger partial charge in [0.15, 0.2) is 9.84 Å². The first-order valence-electron chi connectivity index (χ1n) is 7.44. The highest BCUT2D eigenvalue weighted by atomic mass is 32.2. The van der Waals surface area contributed by atoms with Crippen molar-refractivity contribution in [3.8, 4) is 0 Å². The van der Waals surface area contributed by atoms with Gasteiger partial charge in [0.1, 0.15) is 0 Å². The summed E-state index contributed by atoms with van der Waals surface area (Å²) in [6.07, 6.45) is 5.97. The maximum atomic E-state index is 12.4. The van der Waals surface area contributed by atoms with Gasteiger partial charge in [-0.3, -0.25) is 9.78 Å².